The van der Waals surface area contributed by atoms with Crippen LogP contribution in [0.15, 0.2) is 22.7 Å². The molecule has 2 nitrogen and oxygen atoms in total. The predicted octanol–water partition coefficient (Wildman–Crippen LogP) is 2.53. The number of nitrogens with two attached hydrogens (primary N) is 1. The van der Waals surface area contributed by atoms with Crippen LogP contribution < -0.4 is 5.73 Å². The minimum absolute atomic E-state index is 0.0168. The van der Waals surface area contributed by atoms with Gasteiger partial charge < -0.3 is 5.73 Å². The molecule has 0 spiro atoms. The topological polar surface area (TPSA) is 43.1 Å². The molecule has 0 aromatic heterocycles. The molecule has 0 atom stereocenters. The molecule has 1 aromatic carbocycles. The third-order valence-corrected chi connectivity index (χ3v) is 2.23. The molecule has 0 aliphatic heterocycles. The van der Waals surface area contributed by atoms with Crippen LogP contribution in [0.3, 0.4) is 0 Å². The van der Waals surface area contributed by atoms with E-state index in [2.05, 4.69) is 15.9 Å². The van der Waals surface area contributed by atoms with Crippen LogP contribution in [-0.2, 0) is 0 Å². The molecule has 0 amide bonds. The fourth-order valence-electron chi connectivity index (χ4n) is 1.07. The van der Waals surface area contributed by atoms with Crippen LogP contribution >= 0.6 is 15.9 Å². The van der Waals surface area contributed by atoms with Crippen LogP contribution in [0.25, 0.3) is 0 Å². The molecule has 76 valence electrons. The van der Waals surface area contributed by atoms with E-state index in [0.29, 0.717) is 4.47 Å². The largest absolute Gasteiger partial charge is 0.324 e. The molecule has 0 radical (unpaired) electrons. The van der Waals surface area contributed by atoms with Gasteiger partial charge in [0.05, 0.1) is 6.54 Å². The first-order valence-electron chi connectivity index (χ1n) is 3.87. The van der Waals surface area contributed by atoms with Crippen LogP contribution in [0.4, 0.5) is 8.78 Å². The SMILES string of the molecule is NCC(=O)c1cc(Br)ccc1C(F)F. The molecule has 0 bridgehead atoms. The van der Waals surface area contributed by atoms with Gasteiger partial charge in [-0.15, -0.1) is 0 Å². The van der Waals surface area contributed by atoms with E-state index < -0.39 is 12.2 Å². The molecule has 14 heavy (non-hydrogen) atoms. The van der Waals surface area contributed by atoms with E-state index in [0.717, 1.165) is 0 Å². The maximum Gasteiger partial charge on any atom is 0.264 e. The summed E-state index contributed by atoms with van der Waals surface area (Å²) in [5.74, 6) is -0.485. The number of halogens is 3. The van der Waals surface area contributed by atoms with Crippen molar-refractivity contribution in [2.24, 2.45) is 5.73 Å². The zero-order valence-electron chi connectivity index (χ0n) is 7.14. The second-order valence-electron chi connectivity index (χ2n) is 2.66. The van der Waals surface area contributed by atoms with Crippen LogP contribution in [-0.4, -0.2) is 12.3 Å². The summed E-state index contributed by atoms with van der Waals surface area (Å²) < 4.78 is 25.5. The summed E-state index contributed by atoms with van der Waals surface area (Å²) in [5, 5.41) is 0. The summed E-state index contributed by atoms with van der Waals surface area (Å²) in [5.41, 5.74) is 4.82. The number of hydrogen-bond donors (Lipinski definition) is 1. The Morgan fingerprint density at radius 3 is 2.64 bits per heavy atom. The first-order chi connectivity index (χ1) is 6.56. The van der Waals surface area contributed by atoms with Gasteiger partial charge in [-0.2, -0.15) is 0 Å². The van der Waals surface area contributed by atoms with E-state index in [1.165, 1.54) is 18.2 Å². The van der Waals surface area contributed by atoms with E-state index in [-0.39, 0.29) is 17.7 Å². The van der Waals surface area contributed by atoms with Crippen molar-refractivity contribution in [3.8, 4) is 0 Å². The second kappa shape index (κ2) is 4.61. The minimum Gasteiger partial charge on any atom is -0.324 e. The van der Waals surface area contributed by atoms with E-state index >= 15 is 0 Å². The van der Waals surface area contributed by atoms with Crippen LogP contribution in [0.1, 0.15) is 22.3 Å². The Bertz CT molecular complexity index is 355. The molecule has 5 heteroatoms. The number of Topliss-reactive ketones (excluding diaryl/α,β-unsaturated/α-hetero) is 1. The van der Waals surface area contributed by atoms with E-state index in [1.54, 1.807) is 0 Å². The Labute approximate surface area is 88.2 Å². The monoisotopic (exact) mass is 263 g/mol. The number of alkyl halides is 2. The van der Waals surface area contributed by atoms with E-state index in [1.807, 2.05) is 0 Å². The molecule has 1 aromatic rings. The summed E-state index contributed by atoms with van der Waals surface area (Å²) in [6.07, 6.45) is -2.66. The van der Waals surface area contributed by atoms with Crippen molar-refractivity contribution in [1.82, 2.24) is 0 Å². The number of carbonyl (C=O) groups excluding carboxylic acids is 1. The molecule has 0 saturated heterocycles. The van der Waals surface area contributed by atoms with Gasteiger partial charge in [-0.25, -0.2) is 8.78 Å². The van der Waals surface area contributed by atoms with Crippen LogP contribution in [0.5, 0.6) is 0 Å². The highest BCUT2D eigenvalue weighted by atomic mass is 79.9. The quantitative estimate of drug-likeness (QED) is 0.852. The fraction of sp³-hybridized carbons (Fsp3) is 0.222. The maximum absolute atomic E-state index is 12.4. The lowest BCUT2D eigenvalue weighted by Crippen LogP contribution is -2.15. The highest BCUT2D eigenvalue weighted by molar-refractivity contribution is 9.10. The number of rotatable bonds is 3. The molecule has 0 fully saturated rings. The molecular weight excluding hydrogens is 256 g/mol. The molecule has 0 saturated carbocycles. The van der Waals surface area contributed by atoms with Gasteiger partial charge in [0.25, 0.3) is 6.43 Å². The van der Waals surface area contributed by atoms with Crippen molar-refractivity contribution in [2.45, 2.75) is 6.43 Å². The van der Waals surface area contributed by atoms with Gasteiger partial charge in [-0.05, 0) is 12.1 Å². The first-order valence-corrected chi connectivity index (χ1v) is 4.66. The lowest BCUT2D eigenvalue weighted by Gasteiger charge is -2.06. The Morgan fingerprint density at radius 1 is 1.50 bits per heavy atom. The minimum atomic E-state index is -2.66. The van der Waals surface area contributed by atoms with Crippen molar-refractivity contribution >= 4 is 21.7 Å². The number of hydrogen-bond acceptors (Lipinski definition) is 2. The van der Waals surface area contributed by atoms with Gasteiger partial charge in [0, 0.05) is 15.6 Å². The van der Waals surface area contributed by atoms with Crippen LogP contribution in [0.2, 0.25) is 0 Å². The molecule has 0 aliphatic rings. The summed E-state index contributed by atoms with van der Waals surface area (Å²) in [6.45, 7) is -0.268. The summed E-state index contributed by atoms with van der Waals surface area (Å²) in [4.78, 5) is 11.2. The zero-order chi connectivity index (χ0) is 10.7. The molecule has 1 rings (SSSR count). The summed E-state index contributed by atoms with van der Waals surface area (Å²) in [7, 11) is 0. The van der Waals surface area contributed by atoms with E-state index in [4.69, 9.17) is 5.73 Å². The van der Waals surface area contributed by atoms with Crippen molar-refractivity contribution in [2.75, 3.05) is 6.54 Å². The maximum atomic E-state index is 12.4. The zero-order valence-corrected chi connectivity index (χ0v) is 8.72. The van der Waals surface area contributed by atoms with Crippen LogP contribution in [0, 0.1) is 0 Å². The predicted molar refractivity (Wildman–Crippen MR) is 52.5 cm³/mol. The summed E-state index contributed by atoms with van der Waals surface area (Å²) >= 11 is 3.10. The molecule has 2 N–H and O–H groups in total. The number of carbonyl (C=O) groups is 1. The Hall–Kier alpha value is -0.810. The number of ketones is 1. The molecule has 0 aliphatic carbocycles. The van der Waals surface area contributed by atoms with Gasteiger partial charge >= 0.3 is 0 Å². The fourth-order valence-corrected chi connectivity index (χ4v) is 1.43. The lowest BCUT2D eigenvalue weighted by molar-refractivity contribution is 0.0987. The molecular formula is C9H8BrF2NO. The molecule has 0 unspecified atom stereocenters. The standard InChI is InChI=1S/C9H8BrF2NO/c10-5-1-2-6(9(11)12)7(3-5)8(14)4-13/h1-3,9H,4,13H2. The van der Waals surface area contributed by atoms with Crippen molar-refractivity contribution < 1.29 is 13.6 Å². The lowest BCUT2D eigenvalue weighted by atomic mass is 10.0. The van der Waals surface area contributed by atoms with E-state index in [9.17, 15) is 13.6 Å². The third-order valence-electron chi connectivity index (χ3n) is 1.74. The van der Waals surface area contributed by atoms with Crippen molar-refractivity contribution in [3.63, 3.8) is 0 Å². The second-order valence-corrected chi connectivity index (χ2v) is 3.58. The van der Waals surface area contributed by atoms with Gasteiger partial charge in [0.15, 0.2) is 5.78 Å². The Balaban J connectivity index is 3.22. The smallest absolute Gasteiger partial charge is 0.264 e. The highest BCUT2D eigenvalue weighted by Crippen LogP contribution is 2.25. The average molecular weight is 264 g/mol. The summed E-state index contributed by atoms with van der Waals surface area (Å²) in [6, 6.07) is 4.04. The van der Waals surface area contributed by atoms with Gasteiger partial charge in [0.1, 0.15) is 0 Å². The normalized spacial score (nSPS) is 10.6. The average Bonchev–Trinajstić information content (AvgIpc) is 2.16. The first kappa shape index (κ1) is 11.3. The van der Waals surface area contributed by atoms with Gasteiger partial charge in [-0.3, -0.25) is 4.79 Å². The Morgan fingerprint density at radius 2 is 2.14 bits per heavy atom. The Kier molecular flexibility index (Phi) is 3.71. The van der Waals surface area contributed by atoms with Crippen molar-refractivity contribution in [3.05, 3.63) is 33.8 Å². The van der Waals surface area contributed by atoms with Gasteiger partial charge in [0.2, 0.25) is 0 Å². The van der Waals surface area contributed by atoms with Gasteiger partial charge in [-0.1, -0.05) is 22.0 Å². The van der Waals surface area contributed by atoms with Crippen molar-refractivity contribution in [1.29, 1.82) is 0 Å². The third kappa shape index (κ3) is 2.36. The highest BCUT2D eigenvalue weighted by Gasteiger charge is 2.17. The number of benzene rings is 1. The molecule has 0 heterocycles.